The Kier molecular flexibility index (Phi) is 4.91. The van der Waals surface area contributed by atoms with Crippen LogP contribution in [0.3, 0.4) is 0 Å². The van der Waals surface area contributed by atoms with Crippen molar-refractivity contribution in [1.29, 1.82) is 0 Å². The summed E-state index contributed by atoms with van der Waals surface area (Å²) in [6, 6.07) is 3.52. The van der Waals surface area contributed by atoms with Gasteiger partial charge in [0.1, 0.15) is 5.69 Å². The number of pyridine rings is 1. The Labute approximate surface area is 168 Å². The summed E-state index contributed by atoms with van der Waals surface area (Å²) in [4.78, 5) is 33.7. The van der Waals surface area contributed by atoms with Crippen molar-refractivity contribution >= 4 is 29.1 Å². The maximum atomic E-state index is 12.9. The zero-order chi connectivity index (χ0) is 20.5. The van der Waals surface area contributed by atoms with Crippen LogP contribution in [0.15, 0.2) is 24.5 Å². The molecule has 3 aromatic heterocycles. The van der Waals surface area contributed by atoms with Crippen LogP contribution in [0.25, 0.3) is 5.65 Å². The monoisotopic (exact) mass is 396 g/mol. The van der Waals surface area contributed by atoms with Crippen molar-refractivity contribution in [3.63, 3.8) is 0 Å². The van der Waals surface area contributed by atoms with Gasteiger partial charge in [-0.1, -0.05) is 0 Å². The third-order valence-electron chi connectivity index (χ3n) is 5.18. The SMILES string of the molecule is CCN(C)C(=O)c1cnn(C)c1C(=O)Nc1ccn2nc(N3CCCC3)nc2c1. The van der Waals surface area contributed by atoms with Gasteiger partial charge in [-0.25, -0.2) is 4.52 Å². The van der Waals surface area contributed by atoms with Crippen LogP contribution in [-0.2, 0) is 7.05 Å². The number of aromatic nitrogens is 5. The van der Waals surface area contributed by atoms with E-state index in [1.165, 1.54) is 15.8 Å². The topological polar surface area (TPSA) is 101 Å². The Bertz CT molecular complexity index is 1060. The Morgan fingerprint density at radius 3 is 2.76 bits per heavy atom. The lowest BCUT2D eigenvalue weighted by Gasteiger charge is -2.14. The van der Waals surface area contributed by atoms with Gasteiger partial charge in [0, 0.05) is 51.7 Å². The molecule has 29 heavy (non-hydrogen) atoms. The van der Waals surface area contributed by atoms with E-state index in [1.807, 2.05) is 6.92 Å². The summed E-state index contributed by atoms with van der Waals surface area (Å²) in [5, 5.41) is 11.4. The summed E-state index contributed by atoms with van der Waals surface area (Å²) in [7, 11) is 3.33. The summed E-state index contributed by atoms with van der Waals surface area (Å²) in [5.41, 5.74) is 1.71. The van der Waals surface area contributed by atoms with Crippen LogP contribution >= 0.6 is 0 Å². The Hall–Kier alpha value is -3.43. The van der Waals surface area contributed by atoms with Crippen LogP contribution < -0.4 is 10.2 Å². The molecule has 0 aliphatic carbocycles. The molecule has 1 saturated heterocycles. The number of rotatable bonds is 5. The highest BCUT2D eigenvalue weighted by Crippen LogP contribution is 2.19. The maximum Gasteiger partial charge on any atom is 0.274 e. The number of carbonyl (C=O) groups excluding carboxylic acids is 2. The van der Waals surface area contributed by atoms with Gasteiger partial charge in [-0.15, -0.1) is 5.10 Å². The van der Waals surface area contributed by atoms with E-state index in [1.54, 1.807) is 36.9 Å². The molecule has 2 amide bonds. The van der Waals surface area contributed by atoms with E-state index < -0.39 is 5.91 Å². The molecule has 0 saturated carbocycles. The largest absolute Gasteiger partial charge is 0.342 e. The molecule has 3 aromatic rings. The molecule has 0 aromatic carbocycles. The summed E-state index contributed by atoms with van der Waals surface area (Å²) < 4.78 is 3.10. The second-order valence-electron chi connectivity index (χ2n) is 7.13. The van der Waals surface area contributed by atoms with Crippen molar-refractivity contribution in [2.24, 2.45) is 7.05 Å². The molecule has 10 nitrogen and oxygen atoms in total. The number of nitrogens with one attached hydrogen (secondary N) is 1. The standard InChI is InChI=1S/C19H24N8O2/c1-4-24(2)18(29)14-12-20-25(3)16(14)17(28)21-13-7-10-27-15(11-13)22-19(23-27)26-8-5-6-9-26/h7,10-12H,4-6,8-9H2,1-3H3,(H,21,28). The van der Waals surface area contributed by atoms with E-state index in [-0.39, 0.29) is 17.2 Å². The molecule has 0 spiro atoms. The lowest BCUT2D eigenvalue weighted by molar-refractivity contribution is 0.0796. The second-order valence-corrected chi connectivity index (χ2v) is 7.13. The molecule has 0 radical (unpaired) electrons. The van der Waals surface area contributed by atoms with Gasteiger partial charge < -0.3 is 15.1 Å². The predicted molar refractivity (Wildman–Crippen MR) is 108 cm³/mol. The first-order chi connectivity index (χ1) is 14.0. The van der Waals surface area contributed by atoms with Crippen LogP contribution in [0.1, 0.15) is 40.6 Å². The third kappa shape index (κ3) is 3.53. The lowest BCUT2D eigenvalue weighted by Crippen LogP contribution is -2.29. The number of anilines is 2. The molecular formula is C19H24N8O2. The minimum absolute atomic E-state index is 0.217. The number of amides is 2. The van der Waals surface area contributed by atoms with Crippen LogP contribution in [-0.4, -0.2) is 67.8 Å². The molecule has 152 valence electrons. The fraction of sp³-hybridized carbons (Fsp3) is 0.421. The molecule has 4 rings (SSSR count). The summed E-state index contributed by atoms with van der Waals surface area (Å²) in [5.74, 6) is 0.0588. The number of carbonyl (C=O) groups is 2. The molecular weight excluding hydrogens is 372 g/mol. The van der Waals surface area contributed by atoms with Gasteiger partial charge in [-0.3, -0.25) is 14.3 Å². The van der Waals surface area contributed by atoms with Gasteiger partial charge in [-0.05, 0) is 25.8 Å². The fourth-order valence-electron chi connectivity index (χ4n) is 3.40. The number of nitrogens with zero attached hydrogens (tertiary/aromatic N) is 7. The van der Waals surface area contributed by atoms with Gasteiger partial charge in [-0.2, -0.15) is 10.1 Å². The minimum Gasteiger partial charge on any atom is -0.342 e. The number of fused-ring (bicyclic) bond motifs is 1. The number of hydrogen-bond donors (Lipinski definition) is 1. The molecule has 10 heteroatoms. The van der Waals surface area contributed by atoms with Crippen molar-refractivity contribution < 1.29 is 9.59 Å². The van der Waals surface area contributed by atoms with Gasteiger partial charge in [0.05, 0.1) is 11.8 Å². The molecule has 1 aliphatic rings. The molecule has 1 N–H and O–H groups in total. The molecule has 0 unspecified atom stereocenters. The number of hydrogen-bond acceptors (Lipinski definition) is 6. The van der Waals surface area contributed by atoms with Gasteiger partial charge >= 0.3 is 0 Å². The smallest absolute Gasteiger partial charge is 0.274 e. The normalized spacial score (nSPS) is 13.8. The van der Waals surface area contributed by atoms with E-state index in [2.05, 4.69) is 25.4 Å². The van der Waals surface area contributed by atoms with Crippen LogP contribution in [0.2, 0.25) is 0 Å². The van der Waals surface area contributed by atoms with Crippen LogP contribution in [0.5, 0.6) is 0 Å². The second kappa shape index (κ2) is 7.53. The van der Waals surface area contributed by atoms with Gasteiger partial charge in [0.15, 0.2) is 5.65 Å². The van der Waals surface area contributed by atoms with Crippen molar-refractivity contribution in [3.8, 4) is 0 Å². The highest BCUT2D eigenvalue weighted by atomic mass is 16.2. The van der Waals surface area contributed by atoms with Gasteiger partial charge in [0.25, 0.3) is 11.8 Å². The van der Waals surface area contributed by atoms with Crippen molar-refractivity contribution in [3.05, 3.63) is 35.8 Å². The molecule has 1 fully saturated rings. The lowest BCUT2D eigenvalue weighted by atomic mass is 10.2. The van der Waals surface area contributed by atoms with Crippen LogP contribution in [0, 0.1) is 0 Å². The fourth-order valence-corrected chi connectivity index (χ4v) is 3.40. The molecule has 0 bridgehead atoms. The quantitative estimate of drug-likeness (QED) is 0.700. The third-order valence-corrected chi connectivity index (χ3v) is 5.18. The predicted octanol–water partition coefficient (Wildman–Crippen LogP) is 1.41. The van der Waals surface area contributed by atoms with E-state index in [9.17, 15) is 9.59 Å². The Morgan fingerprint density at radius 1 is 1.28 bits per heavy atom. The van der Waals surface area contributed by atoms with E-state index in [0.717, 1.165) is 25.9 Å². The first kappa shape index (κ1) is 18.9. The maximum absolute atomic E-state index is 12.9. The van der Waals surface area contributed by atoms with Crippen molar-refractivity contribution in [1.82, 2.24) is 29.3 Å². The molecule has 0 atom stereocenters. The van der Waals surface area contributed by atoms with Crippen molar-refractivity contribution in [2.45, 2.75) is 19.8 Å². The first-order valence-electron chi connectivity index (χ1n) is 9.68. The van der Waals surface area contributed by atoms with Crippen molar-refractivity contribution in [2.75, 3.05) is 36.9 Å². The molecule has 1 aliphatic heterocycles. The number of aryl methyl sites for hydroxylation is 1. The first-order valence-corrected chi connectivity index (χ1v) is 9.68. The van der Waals surface area contributed by atoms with E-state index >= 15 is 0 Å². The zero-order valence-electron chi connectivity index (χ0n) is 16.8. The van der Waals surface area contributed by atoms with E-state index in [4.69, 9.17) is 0 Å². The van der Waals surface area contributed by atoms with E-state index in [0.29, 0.717) is 23.8 Å². The summed E-state index contributed by atoms with van der Waals surface area (Å²) in [6.07, 6.45) is 5.48. The summed E-state index contributed by atoms with van der Waals surface area (Å²) in [6.45, 7) is 4.34. The minimum atomic E-state index is -0.401. The molecule has 4 heterocycles. The van der Waals surface area contributed by atoms with Gasteiger partial charge in [0.2, 0.25) is 5.95 Å². The Morgan fingerprint density at radius 2 is 2.03 bits per heavy atom. The summed E-state index contributed by atoms with van der Waals surface area (Å²) >= 11 is 0. The van der Waals surface area contributed by atoms with Crippen LogP contribution in [0.4, 0.5) is 11.6 Å². The Balaban J connectivity index is 1.58. The average Bonchev–Trinajstić information content (AvgIpc) is 3.45. The average molecular weight is 396 g/mol. The zero-order valence-corrected chi connectivity index (χ0v) is 16.8. The highest BCUT2D eigenvalue weighted by molar-refractivity contribution is 6.11. The highest BCUT2D eigenvalue weighted by Gasteiger charge is 2.24.